The second-order valence-corrected chi connectivity index (χ2v) is 7.80. The number of urea groups is 1. The number of aliphatic carboxylic acids is 1. The second-order valence-electron chi connectivity index (χ2n) is 6.53. The molecule has 3 saturated heterocycles. The lowest BCUT2D eigenvalue weighted by atomic mass is 10.0. The van der Waals surface area contributed by atoms with Gasteiger partial charge in [-0.1, -0.05) is 6.42 Å². The fourth-order valence-corrected chi connectivity index (χ4v) is 5.15. The normalized spacial score (nSPS) is 32.5. The van der Waals surface area contributed by atoms with Gasteiger partial charge in [-0.3, -0.25) is 9.59 Å². The van der Waals surface area contributed by atoms with E-state index in [1.165, 1.54) is 0 Å². The number of nitrogens with zero attached hydrogens (tertiary/aromatic N) is 1. The van der Waals surface area contributed by atoms with E-state index in [4.69, 9.17) is 5.11 Å². The lowest BCUT2D eigenvalue weighted by Crippen LogP contribution is -2.36. The minimum absolute atomic E-state index is 0.0671. The van der Waals surface area contributed by atoms with Crippen molar-refractivity contribution in [1.82, 2.24) is 15.5 Å². The van der Waals surface area contributed by atoms with Crippen molar-refractivity contribution < 1.29 is 19.5 Å². The van der Waals surface area contributed by atoms with Crippen LogP contribution in [-0.4, -0.2) is 64.1 Å². The minimum Gasteiger partial charge on any atom is -0.481 e. The highest BCUT2D eigenvalue weighted by Crippen LogP contribution is 2.33. The van der Waals surface area contributed by atoms with Crippen molar-refractivity contribution in [3.05, 3.63) is 0 Å². The number of nitrogens with one attached hydrogen (secondary N) is 2. The van der Waals surface area contributed by atoms with E-state index in [1.54, 1.807) is 4.90 Å². The van der Waals surface area contributed by atoms with Crippen molar-refractivity contribution in [3.63, 3.8) is 0 Å². The molecule has 4 unspecified atom stereocenters. The van der Waals surface area contributed by atoms with Crippen LogP contribution in [0.5, 0.6) is 0 Å². The molecule has 7 nitrogen and oxygen atoms in total. The molecule has 23 heavy (non-hydrogen) atoms. The van der Waals surface area contributed by atoms with Gasteiger partial charge in [0, 0.05) is 30.5 Å². The summed E-state index contributed by atoms with van der Waals surface area (Å²) in [4.78, 5) is 36.0. The van der Waals surface area contributed by atoms with Gasteiger partial charge < -0.3 is 20.6 Å². The molecule has 4 atom stereocenters. The van der Waals surface area contributed by atoms with Gasteiger partial charge in [-0.15, -0.1) is 0 Å². The average Bonchev–Trinajstić information content (AvgIpc) is 3.19. The first-order valence-corrected chi connectivity index (χ1v) is 9.28. The molecule has 128 valence electrons. The number of carbonyl (C=O) groups excluding carboxylic acids is 2. The van der Waals surface area contributed by atoms with E-state index < -0.39 is 11.9 Å². The first-order chi connectivity index (χ1) is 11.0. The van der Waals surface area contributed by atoms with Crippen molar-refractivity contribution >= 4 is 29.7 Å². The Hall–Kier alpha value is -1.44. The van der Waals surface area contributed by atoms with E-state index >= 15 is 0 Å². The van der Waals surface area contributed by atoms with Gasteiger partial charge in [-0.2, -0.15) is 11.8 Å². The maximum Gasteiger partial charge on any atom is 0.315 e. The van der Waals surface area contributed by atoms with Crippen molar-refractivity contribution in [2.75, 3.05) is 18.8 Å². The maximum atomic E-state index is 12.1. The molecule has 3 aliphatic heterocycles. The SMILES string of the molecule is O=C1NC2CSC(CCCCC(=O)N3CCC(C(=O)O)C3)C2N1. The number of carbonyl (C=O) groups is 3. The van der Waals surface area contributed by atoms with Crippen LogP contribution in [0, 0.1) is 5.92 Å². The van der Waals surface area contributed by atoms with Crippen LogP contribution < -0.4 is 10.6 Å². The van der Waals surface area contributed by atoms with Gasteiger partial charge in [0.05, 0.1) is 18.0 Å². The summed E-state index contributed by atoms with van der Waals surface area (Å²) in [6, 6.07) is 0.400. The van der Waals surface area contributed by atoms with Crippen LogP contribution in [0.2, 0.25) is 0 Å². The fourth-order valence-electron chi connectivity index (χ4n) is 3.61. The summed E-state index contributed by atoms with van der Waals surface area (Å²) < 4.78 is 0. The Morgan fingerprint density at radius 3 is 2.87 bits per heavy atom. The van der Waals surface area contributed by atoms with E-state index in [1.807, 2.05) is 11.8 Å². The van der Waals surface area contributed by atoms with Crippen molar-refractivity contribution in [2.24, 2.45) is 5.92 Å². The molecule has 0 radical (unpaired) electrons. The number of carboxylic acid groups (broad SMARTS) is 1. The standard InChI is InChI=1S/C15H23N3O4S/c19-12(18-6-5-9(7-18)14(20)21)4-2-1-3-11-13-10(8-23-11)16-15(22)17-13/h9-11,13H,1-8H2,(H,20,21)(H2,16,17,22). The van der Waals surface area contributed by atoms with Gasteiger partial charge in [0.1, 0.15) is 0 Å². The number of hydrogen-bond acceptors (Lipinski definition) is 4. The maximum absolute atomic E-state index is 12.1. The molecule has 0 bridgehead atoms. The summed E-state index contributed by atoms with van der Waals surface area (Å²) in [5, 5.41) is 15.3. The molecular formula is C15H23N3O4S. The van der Waals surface area contributed by atoms with E-state index in [9.17, 15) is 14.4 Å². The first kappa shape index (κ1) is 16.4. The van der Waals surface area contributed by atoms with Crippen LogP contribution in [0.25, 0.3) is 0 Å². The monoisotopic (exact) mass is 341 g/mol. The highest BCUT2D eigenvalue weighted by atomic mass is 32.2. The predicted molar refractivity (Wildman–Crippen MR) is 86.3 cm³/mol. The fraction of sp³-hybridized carbons (Fsp3) is 0.800. The zero-order chi connectivity index (χ0) is 16.4. The van der Waals surface area contributed by atoms with Crippen LogP contribution in [0.15, 0.2) is 0 Å². The number of carboxylic acids is 1. The second kappa shape index (κ2) is 6.98. The average molecular weight is 341 g/mol. The topological polar surface area (TPSA) is 98.7 Å². The molecule has 0 spiro atoms. The molecule has 3 aliphatic rings. The van der Waals surface area contributed by atoms with Gasteiger partial charge in [0.15, 0.2) is 0 Å². The number of likely N-dealkylation sites (tertiary alicyclic amines) is 1. The van der Waals surface area contributed by atoms with E-state index in [0.29, 0.717) is 31.2 Å². The highest BCUT2D eigenvalue weighted by Gasteiger charge is 2.42. The predicted octanol–water partition coefficient (Wildman–Crippen LogP) is 0.645. The molecule has 0 aromatic carbocycles. The third kappa shape index (κ3) is 3.73. The number of hydrogen-bond donors (Lipinski definition) is 3. The number of fused-ring (bicyclic) bond motifs is 1. The van der Waals surface area contributed by atoms with Crippen LogP contribution in [0.4, 0.5) is 4.79 Å². The zero-order valence-electron chi connectivity index (χ0n) is 13.0. The summed E-state index contributed by atoms with van der Waals surface area (Å²) in [5.41, 5.74) is 0. The van der Waals surface area contributed by atoms with Gasteiger partial charge in [-0.05, 0) is 19.3 Å². The summed E-state index contributed by atoms with van der Waals surface area (Å²) in [7, 11) is 0. The highest BCUT2D eigenvalue weighted by molar-refractivity contribution is 8.00. The Kier molecular flexibility index (Phi) is 4.99. The van der Waals surface area contributed by atoms with Crippen molar-refractivity contribution in [3.8, 4) is 0 Å². The Bertz CT molecular complexity index is 501. The summed E-state index contributed by atoms with van der Waals surface area (Å²) in [6.45, 7) is 0.920. The van der Waals surface area contributed by atoms with Crippen LogP contribution >= 0.6 is 11.8 Å². The number of thioether (sulfide) groups is 1. The zero-order valence-corrected chi connectivity index (χ0v) is 13.8. The molecule has 0 aliphatic carbocycles. The number of unbranched alkanes of at least 4 members (excludes halogenated alkanes) is 1. The van der Waals surface area contributed by atoms with E-state index in [-0.39, 0.29) is 24.0 Å². The van der Waals surface area contributed by atoms with Crippen LogP contribution in [0.1, 0.15) is 32.1 Å². The first-order valence-electron chi connectivity index (χ1n) is 8.24. The van der Waals surface area contributed by atoms with Gasteiger partial charge >= 0.3 is 12.0 Å². The molecule has 3 heterocycles. The molecule has 0 saturated carbocycles. The molecule has 3 fully saturated rings. The van der Waals surface area contributed by atoms with Crippen LogP contribution in [-0.2, 0) is 9.59 Å². The van der Waals surface area contributed by atoms with E-state index in [2.05, 4.69) is 10.6 Å². The summed E-state index contributed by atoms with van der Waals surface area (Å²) in [6.07, 6.45) is 3.83. The Morgan fingerprint density at radius 2 is 2.13 bits per heavy atom. The molecule has 3 rings (SSSR count). The Balaban J connectivity index is 1.33. The number of rotatable bonds is 6. The molecule has 8 heteroatoms. The molecule has 0 aromatic heterocycles. The van der Waals surface area contributed by atoms with Gasteiger partial charge in [0.25, 0.3) is 0 Å². The summed E-state index contributed by atoms with van der Waals surface area (Å²) in [5.74, 6) is -0.178. The smallest absolute Gasteiger partial charge is 0.315 e. The summed E-state index contributed by atoms with van der Waals surface area (Å²) >= 11 is 1.89. The van der Waals surface area contributed by atoms with Gasteiger partial charge in [-0.25, -0.2) is 4.79 Å². The van der Waals surface area contributed by atoms with Gasteiger partial charge in [0.2, 0.25) is 5.91 Å². The van der Waals surface area contributed by atoms with E-state index in [0.717, 1.165) is 25.0 Å². The molecule has 0 aromatic rings. The van der Waals surface area contributed by atoms with Crippen LogP contribution in [0.3, 0.4) is 0 Å². The third-order valence-electron chi connectivity index (χ3n) is 4.96. The Labute approximate surface area is 139 Å². The Morgan fingerprint density at radius 1 is 1.30 bits per heavy atom. The van der Waals surface area contributed by atoms with Crippen molar-refractivity contribution in [2.45, 2.75) is 49.4 Å². The third-order valence-corrected chi connectivity index (χ3v) is 6.47. The lowest BCUT2D eigenvalue weighted by Gasteiger charge is -2.18. The lowest BCUT2D eigenvalue weighted by molar-refractivity contribution is -0.141. The molecule has 3 amide bonds. The molecule has 3 N–H and O–H groups in total. The largest absolute Gasteiger partial charge is 0.481 e. The molecular weight excluding hydrogens is 318 g/mol. The van der Waals surface area contributed by atoms with Crippen molar-refractivity contribution in [1.29, 1.82) is 0 Å². The minimum atomic E-state index is -0.805. The number of amides is 3. The quantitative estimate of drug-likeness (QED) is 0.486.